The van der Waals surface area contributed by atoms with Crippen LogP contribution < -0.4 is 10.1 Å². The highest BCUT2D eigenvalue weighted by atomic mass is 16.5. The average Bonchev–Trinajstić information content (AvgIpc) is 2.90. The van der Waals surface area contributed by atoms with Crippen molar-refractivity contribution in [2.24, 2.45) is 0 Å². The van der Waals surface area contributed by atoms with Crippen LogP contribution in [0.25, 0.3) is 0 Å². The van der Waals surface area contributed by atoms with E-state index in [2.05, 4.69) is 29.2 Å². The van der Waals surface area contributed by atoms with Gasteiger partial charge in [0, 0.05) is 24.9 Å². The molecule has 0 aliphatic heterocycles. The Bertz CT molecular complexity index is 502. The van der Waals surface area contributed by atoms with Crippen molar-refractivity contribution < 1.29 is 4.74 Å². The van der Waals surface area contributed by atoms with Crippen LogP contribution in [0.1, 0.15) is 31.3 Å². The molecule has 1 atom stereocenters. The molecule has 2 aromatic rings. The van der Waals surface area contributed by atoms with Gasteiger partial charge in [0.25, 0.3) is 0 Å². The first-order valence-electron chi connectivity index (χ1n) is 7.03. The second-order valence-electron chi connectivity index (χ2n) is 4.55. The summed E-state index contributed by atoms with van der Waals surface area (Å²) in [7, 11) is 1.68. The third-order valence-corrected chi connectivity index (χ3v) is 3.28. The molecule has 5 heteroatoms. The number of nitrogens with one attached hydrogen (secondary N) is 1. The minimum Gasteiger partial charge on any atom is -0.493 e. The first kappa shape index (κ1) is 14.5. The van der Waals surface area contributed by atoms with Crippen molar-refractivity contribution in [3.05, 3.63) is 42.0 Å². The van der Waals surface area contributed by atoms with Crippen LogP contribution in [0.15, 0.2) is 30.6 Å². The quantitative estimate of drug-likeness (QED) is 0.841. The van der Waals surface area contributed by atoms with Crippen molar-refractivity contribution >= 4 is 0 Å². The van der Waals surface area contributed by atoms with E-state index in [1.54, 1.807) is 13.3 Å². The molecule has 0 aliphatic carbocycles. The van der Waals surface area contributed by atoms with Crippen molar-refractivity contribution in [2.75, 3.05) is 13.7 Å². The summed E-state index contributed by atoms with van der Waals surface area (Å²) in [6.45, 7) is 5.89. The van der Waals surface area contributed by atoms with Gasteiger partial charge in [-0.2, -0.15) is 5.10 Å². The molecule has 108 valence electrons. The Balaban J connectivity index is 2.30. The van der Waals surface area contributed by atoms with Crippen molar-refractivity contribution in [3.63, 3.8) is 0 Å². The zero-order chi connectivity index (χ0) is 14.4. The summed E-state index contributed by atoms with van der Waals surface area (Å²) in [5, 5.41) is 7.88. The van der Waals surface area contributed by atoms with Crippen LogP contribution in [-0.2, 0) is 13.0 Å². The van der Waals surface area contributed by atoms with Gasteiger partial charge in [0.1, 0.15) is 0 Å². The van der Waals surface area contributed by atoms with Gasteiger partial charge < -0.3 is 10.1 Å². The van der Waals surface area contributed by atoms with Gasteiger partial charge in [0.15, 0.2) is 5.75 Å². The number of aromatic nitrogens is 3. The fraction of sp³-hybridized carbons (Fsp3) is 0.467. The molecule has 0 amide bonds. The number of hydrogen-bond acceptors (Lipinski definition) is 4. The molecule has 2 rings (SSSR count). The highest BCUT2D eigenvalue weighted by Crippen LogP contribution is 2.27. The number of pyridine rings is 1. The van der Waals surface area contributed by atoms with Gasteiger partial charge in [0.2, 0.25) is 0 Å². The zero-order valence-electron chi connectivity index (χ0n) is 12.3. The first-order valence-corrected chi connectivity index (χ1v) is 7.03. The molecular formula is C15H22N4O. The van der Waals surface area contributed by atoms with E-state index in [1.807, 2.05) is 29.1 Å². The number of nitrogens with zero attached hydrogens (tertiary/aromatic N) is 3. The Labute approximate surface area is 120 Å². The second kappa shape index (κ2) is 7.05. The SMILES string of the molecule is CCNC(Cc1ccccn1)c1c(OC)cnn1CC. The van der Waals surface area contributed by atoms with Crippen LogP contribution in [-0.4, -0.2) is 28.4 Å². The average molecular weight is 274 g/mol. The van der Waals surface area contributed by atoms with E-state index in [0.29, 0.717) is 0 Å². The predicted molar refractivity (Wildman–Crippen MR) is 78.8 cm³/mol. The smallest absolute Gasteiger partial charge is 0.161 e. The van der Waals surface area contributed by atoms with E-state index < -0.39 is 0 Å². The minimum atomic E-state index is 0.146. The molecule has 2 aromatic heterocycles. The molecule has 0 bridgehead atoms. The van der Waals surface area contributed by atoms with Gasteiger partial charge in [-0.25, -0.2) is 0 Å². The molecule has 0 aliphatic rings. The molecule has 5 nitrogen and oxygen atoms in total. The van der Waals surface area contributed by atoms with Gasteiger partial charge in [0.05, 0.1) is 25.0 Å². The Morgan fingerprint density at radius 1 is 1.35 bits per heavy atom. The number of methoxy groups -OCH3 is 1. The summed E-state index contributed by atoms with van der Waals surface area (Å²) in [4.78, 5) is 4.41. The lowest BCUT2D eigenvalue weighted by Gasteiger charge is -2.20. The number of ether oxygens (including phenoxy) is 1. The van der Waals surface area contributed by atoms with E-state index in [-0.39, 0.29) is 6.04 Å². The Morgan fingerprint density at radius 2 is 2.20 bits per heavy atom. The van der Waals surface area contributed by atoms with E-state index in [4.69, 9.17) is 4.74 Å². The maximum atomic E-state index is 5.45. The molecule has 0 saturated carbocycles. The van der Waals surface area contributed by atoms with E-state index in [9.17, 15) is 0 Å². The van der Waals surface area contributed by atoms with Gasteiger partial charge >= 0.3 is 0 Å². The van der Waals surface area contributed by atoms with Crippen LogP contribution in [0.2, 0.25) is 0 Å². The van der Waals surface area contributed by atoms with Crippen LogP contribution >= 0.6 is 0 Å². The lowest BCUT2D eigenvalue weighted by Crippen LogP contribution is -2.26. The summed E-state index contributed by atoms with van der Waals surface area (Å²) >= 11 is 0. The van der Waals surface area contributed by atoms with Crippen LogP contribution in [0, 0.1) is 0 Å². The van der Waals surface area contributed by atoms with Gasteiger partial charge in [-0.15, -0.1) is 0 Å². The predicted octanol–water partition coefficient (Wildman–Crippen LogP) is 2.20. The Morgan fingerprint density at radius 3 is 2.80 bits per heavy atom. The van der Waals surface area contributed by atoms with Crippen LogP contribution in [0.4, 0.5) is 0 Å². The monoisotopic (exact) mass is 274 g/mol. The number of hydrogen-bond donors (Lipinski definition) is 1. The highest BCUT2D eigenvalue weighted by Gasteiger charge is 2.21. The summed E-state index contributed by atoms with van der Waals surface area (Å²) < 4.78 is 7.43. The highest BCUT2D eigenvalue weighted by molar-refractivity contribution is 5.29. The van der Waals surface area contributed by atoms with Gasteiger partial charge in [-0.05, 0) is 25.6 Å². The van der Waals surface area contributed by atoms with E-state index >= 15 is 0 Å². The van der Waals surface area contributed by atoms with Crippen molar-refractivity contribution in [2.45, 2.75) is 32.9 Å². The summed E-state index contributed by atoms with van der Waals surface area (Å²) in [5.41, 5.74) is 2.15. The third-order valence-electron chi connectivity index (χ3n) is 3.28. The topological polar surface area (TPSA) is 52.0 Å². The minimum absolute atomic E-state index is 0.146. The Hall–Kier alpha value is -1.88. The van der Waals surface area contributed by atoms with Gasteiger partial charge in [-0.3, -0.25) is 9.67 Å². The van der Waals surface area contributed by atoms with Crippen molar-refractivity contribution in [1.29, 1.82) is 0 Å². The first-order chi connectivity index (χ1) is 9.80. The second-order valence-corrected chi connectivity index (χ2v) is 4.55. The summed E-state index contributed by atoms with van der Waals surface area (Å²) in [6, 6.07) is 6.14. The molecular weight excluding hydrogens is 252 g/mol. The molecule has 2 heterocycles. The Kier molecular flexibility index (Phi) is 5.12. The lowest BCUT2D eigenvalue weighted by atomic mass is 10.1. The number of likely N-dealkylation sites (N-methyl/N-ethyl adjacent to an activating group) is 1. The maximum absolute atomic E-state index is 5.45. The van der Waals surface area contributed by atoms with Crippen molar-refractivity contribution in [1.82, 2.24) is 20.1 Å². The molecule has 0 saturated heterocycles. The molecule has 0 fully saturated rings. The zero-order valence-corrected chi connectivity index (χ0v) is 12.3. The molecule has 0 aromatic carbocycles. The fourth-order valence-electron chi connectivity index (χ4n) is 2.38. The molecule has 1 N–H and O–H groups in total. The van der Waals surface area contributed by atoms with Crippen molar-refractivity contribution in [3.8, 4) is 5.75 Å². The molecule has 0 radical (unpaired) electrons. The number of rotatable bonds is 7. The van der Waals surface area contributed by atoms with E-state index in [0.717, 1.165) is 36.6 Å². The fourth-order valence-corrected chi connectivity index (χ4v) is 2.38. The molecule has 0 spiro atoms. The van der Waals surface area contributed by atoms with Gasteiger partial charge in [-0.1, -0.05) is 13.0 Å². The number of aryl methyl sites for hydroxylation is 1. The third kappa shape index (κ3) is 3.17. The van der Waals surface area contributed by atoms with E-state index in [1.165, 1.54) is 0 Å². The van der Waals surface area contributed by atoms with Crippen LogP contribution in [0.3, 0.4) is 0 Å². The maximum Gasteiger partial charge on any atom is 0.161 e. The molecule has 20 heavy (non-hydrogen) atoms. The standard InChI is InChI=1S/C15H22N4O/c1-4-16-13(10-12-8-6-7-9-17-12)15-14(20-3)11-18-19(15)5-2/h6-9,11,13,16H,4-5,10H2,1-3H3. The molecule has 1 unspecified atom stereocenters. The normalized spacial score (nSPS) is 12.3. The summed E-state index contributed by atoms with van der Waals surface area (Å²) in [6.07, 6.45) is 4.42. The lowest BCUT2D eigenvalue weighted by molar-refractivity contribution is 0.391. The largest absolute Gasteiger partial charge is 0.493 e. The van der Waals surface area contributed by atoms with Crippen LogP contribution in [0.5, 0.6) is 5.75 Å². The summed E-state index contributed by atoms with van der Waals surface area (Å²) in [5.74, 6) is 0.828.